The predicted octanol–water partition coefficient (Wildman–Crippen LogP) is 5.03. The van der Waals surface area contributed by atoms with Gasteiger partial charge in [0.05, 0.1) is 11.6 Å². The molecule has 0 radical (unpaired) electrons. The van der Waals surface area contributed by atoms with Crippen molar-refractivity contribution in [3.05, 3.63) is 59.3 Å². The minimum absolute atomic E-state index is 0.00154. The molecule has 0 bridgehead atoms. The molecular weight excluding hydrogens is 379 g/mol. The summed E-state index contributed by atoms with van der Waals surface area (Å²) in [7, 11) is 0. The third kappa shape index (κ3) is 6.18. The van der Waals surface area contributed by atoms with E-state index < -0.39 is 23.7 Å². The zero-order valence-corrected chi connectivity index (χ0v) is 17.2. The molecule has 0 spiro atoms. The molecule has 1 amide bonds. The second-order valence-corrected chi connectivity index (χ2v) is 7.14. The van der Waals surface area contributed by atoms with Crippen molar-refractivity contribution in [3.8, 4) is 0 Å². The molecular formula is C22H30F3N3O. The Kier molecular flexibility index (Phi) is 8.46. The van der Waals surface area contributed by atoms with E-state index in [9.17, 15) is 18.0 Å². The molecule has 2 rings (SSSR count). The van der Waals surface area contributed by atoms with Crippen LogP contribution in [-0.4, -0.2) is 29.7 Å². The number of benzene rings is 1. The molecule has 1 heterocycles. The summed E-state index contributed by atoms with van der Waals surface area (Å²) in [5.41, 5.74) is 3.25. The van der Waals surface area contributed by atoms with Crippen LogP contribution >= 0.6 is 0 Å². The lowest BCUT2D eigenvalue weighted by molar-refractivity contribution is -0.122. The highest BCUT2D eigenvalue weighted by molar-refractivity contribution is 5.84. The van der Waals surface area contributed by atoms with Gasteiger partial charge in [0, 0.05) is 12.2 Å². The minimum Gasteiger partial charge on any atom is -0.324 e. The molecule has 29 heavy (non-hydrogen) atoms. The van der Waals surface area contributed by atoms with E-state index in [0.717, 1.165) is 37.4 Å². The summed E-state index contributed by atoms with van der Waals surface area (Å²) in [4.78, 5) is 12.8. The van der Waals surface area contributed by atoms with Gasteiger partial charge in [0.15, 0.2) is 0 Å². The molecule has 7 heteroatoms. The number of nitrogens with one attached hydrogen (secondary N) is 2. The van der Waals surface area contributed by atoms with Crippen LogP contribution in [0, 0.1) is 0 Å². The Labute approximate surface area is 170 Å². The highest BCUT2D eigenvalue weighted by Gasteiger charge is 2.39. The first-order valence-electron chi connectivity index (χ1n) is 10.1. The van der Waals surface area contributed by atoms with Crippen molar-refractivity contribution < 1.29 is 18.0 Å². The van der Waals surface area contributed by atoms with E-state index in [-0.39, 0.29) is 11.7 Å². The second-order valence-electron chi connectivity index (χ2n) is 7.14. The minimum atomic E-state index is -4.52. The van der Waals surface area contributed by atoms with Gasteiger partial charge >= 0.3 is 6.18 Å². The highest BCUT2D eigenvalue weighted by atomic mass is 19.4. The average Bonchev–Trinajstić information content (AvgIpc) is 3.12. The van der Waals surface area contributed by atoms with Crippen molar-refractivity contribution >= 4 is 5.91 Å². The molecule has 2 unspecified atom stereocenters. The van der Waals surface area contributed by atoms with E-state index in [0.29, 0.717) is 6.42 Å². The molecule has 2 N–H and O–H groups in total. The van der Waals surface area contributed by atoms with Gasteiger partial charge in [0.2, 0.25) is 5.91 Å². The lowest BCUT2D eigenvalue weighted by Crippen LogP contribution is -2.45. The Morgan fingerprint density at radius 3 is 2.45 bits per heavy atom. The SMILES string of the molecule is C/C=C(NC(=O)C1CC(c2ccccc2)N(CCCCC)N1)\C(=C/C)C(F)(F)F. The summed E-state index contributed by atoms with van der Waals surface area (Å²) < 4.78 is 39.7. The van der Waals surface area contributed by atoms with Gasteiger partial charge in [0.1, 0.15) is 6.04 Å². The number of hydrogen-bond acceptors (Lipinski definition) is 3. The van der Waals surface area contributed by atoms with Crippen LogP contribution in [0.3, 0.4) is 0 Å². The Bertz CT molecular complexity index is 729. The second kappa shape index (κ2) is 10.6. The fraction of sp³-hybridized carbons (Fsp3) is 0.500. The summed E-state index contributed by atoms with van der Waals surface area (Å²) in [6, 6.07) is 9.27. The fourth-order valence-electron chi connectivity index (χ4n) is 3.59. The Balaban J connectivity index is 2.14. The summed E-state index contributed by atoms with van der Waals surface area (Å²) in [6.45, 7) is 5.70. The van der Waals surface area contributed by atoms with Crippen LogP contribution < -0.4 is 10.7 Å². The third-order valence-corrected chi connectivity index (χ3v) is 5.09. The first-order valence-corrected chi connectivity index (χ1v) is 10.1. The fourth-order valence-corrected chi connectivity index (χ4v) is 3.59. The molecule has 1 aliphatic heterocycles. The first-order chi connectivity index (χ1) is 13.8. The molecule has 1 aromatic rings. The van der Waals surface area contributed by atoms with Crippen LogP contribution in [0.5, 0.6) is 0 Å². The van der Waals surface area contributed by atoms with Crippen molar-refractivity contribution in [3.63, 3.8) is 0 Å². The largest absolute Gasteiger partial charge is 0.418 e. The summed E-state index contributed by atoms with van der Waals surface area (Å²) in [6.07, 6.45) is 1.38. The van der Waals surface area contributed by atoms with Crippen LogP contribution in [0.2, 0.25) is 0 Å². The molecule has 1 saturated heterocycles. The summed E-state index contributed by atoms with van der Waals surface area (Å²) >= 11 is 0. The number of carbonyl (C=O) groups is 1. The van der Waals surface area contributed by atoms with E-state index in [2.05, 4.69) is 17.7 Å². The number of hydrazine groups is 1. The lowest BCUT2D eigenvalue weighted by Gasteiger charge is -2.24. The molecule has 160 valence electrons. The van der Waals surface area contributed by atoms with Gasteiger partial charge < -0.3 is 5.32 Å². The highest BCUT2D eigenvalue weighted by Crippen LogP contribution is 2.32. The van der Waals surface area contributed by atoms with Gasteiger partial charge in [0.25, 0.3) is 0 Å². The maximum Gasteiger partial charge on any atom is 0.418 e. The number of halogens is 3. The summed E-state index contributed by atoms with van der Waals surface area (Å²) in [5, 5.41) is 4.52. The van der Waals surface area contributed by atoms with Crippen molar-refractivity contribution in [1.82, 2.24) is 15.8 Å². The van der Waals surface area contributed by atoms with E-state index in [1.807, 2.05) is 35.3 Å². The molecule has 1 fully saturated rings. The smallest absolute Gasteiger partial charge is 0.324 e. The van der Waals surface area contributed by atoms with E-state index >= 15 is 0 Å². The van der Waals surface area contributed by atoms with Crippen molar-refractivity contribution in [2.75, 3.05) is 6.54 Å². The molecule has 0 saturated carbocycles. The topological polar surface area (TPSA) is 44.4 Å². The van der Waals surface area contributed by atoms with Gasteiger partial charge in [-0.25, -0.2) is 10.4 Å². The quantitative estimate of drug-likeness (QED) is 0.468. The van der Waals surface area contributed by atoms with Gasteiger partial charge in [-0.15, -0.1) is 0 Å². The summed E-state index contributed by atoms with van der Waals surface area (Å²) in [5.74, 6) is -0.458. The number of rotatable bonds is 8. The maximum atomic E-state index is 13.2. The number of allylic oxidation sites excluding steroid dienone is 3. The van der Waals surface area contributed by atoms with E-state index in [1.165, 1.54) is 19.9 Å². The van der Waals surface area contributed by atoms with E-state index in [1.54, 1.807) is 0 Å². The monoisotopic (exact) mass is 409 g/mol. The van der Waals surface area contributed by atoms with Gasteiger partial charge in [-0.1, -0.05) is 62.2 Å². The van der Waals surface area contributed by atoms with Crippen LogP contribution in [0.4, 0.5) is 13.2 Å². The van der Waals surface area contributed by atoms with Gasteiger partial charge in [-0.05, 0) is 32.3 Å². The number of amides is 1. The Morgan fingerprint density at radius 2 is 1.90 bits per heavy atom. The van der Waals surface area contributed by atoms with Crippen LogP contribution in [-0.2, 0) is 4.79 Å². The number of unbranched alkanes of at least 4 members (excludes halogenated alkanes) is 2. The molecule has 1 aromatic carbocycles. The molecule has 0 aliphatic carbocycles. The van der Waals surface area contributed by atoms with Crippen LogP contribution in [0.1, 0.15) is 58.1 Å². The van der Waals surface area contributed by atoms with Gasteiger partial charge in [-0.3, -0.25) is 4.79 Å². The molecule has 2 atom stereocenters. The Hall–Kier alpha value is -2.12. The molecule has 1 aliphatic rings. The van der Waals surface area contributed by atoms with Crippen molar-refractivity contribution in [2.24, 2.45) is 0 Å². The number of alkyl halides is 3. The average molecular weight is 409 g/mol. The zero-order chi connectivity index (χ0) is 21.4. The number of carbonyl (C=O) groups excluding carboxylic acids is 1. The third-order valence-electron chi connectivity index (χ3n) is 5.09. The maximum absolute atomic E-state index is 13.2. The van der Waals surface area contributed by atoms with E-state index in [4.69, 9.17) is 0 Å². The molecule has 4 nitrogen and oxygen atoms in total. The standard InChI is InChI=1S/C22H30F3N3O/c1-4-7-11-14-28-20(16-12-9-8-10-13-16)15-19(27-28)21(29)26-18(6-3)17(5-2)22(23,24)25/h5-6,8-10,12-13,19-20,27H,4,7,11,14-15H2,1-3H3,(H,26,29)/b17-5+,18-6+. The normalized spacial score (nSPS) is 21.4. The predicted molar refractivity (Wildman–Crippen MR) is 109 cm³/mol. The lowest BCUT2D eigenvalue weighted by atomic mass is 10.0. The number of nitrogens with zero attached hydrogens (tertiary/aromatic N) is 1. The molecule has 0 aromatic heterocycles. The number of hydrogen-bond donors (Lipinski definition) is 2. The Morgan fingerprint density at radius 1 is 1.21 bits per heavy atom. The van der Waals surface area contributed by atoms with Crippen LogP contribution in [0.25, 0.3) is 0 Å². The first kappa shape index (κ1) is 23.2. The van der Waals surface area contributed by atoms with Crippen molar-refractivity contribution in [2.45, 2.75) is 64.7 Å². The van der Waals surface area contributed by atoms with Crippen LogP contribution in [0.15, 0.2) is 53.8 Å². The zero-order valence-electron chi connectivity index (χ0n) is 17.2. The van der Waals surface area contributed by atoms with Crippen molar-refractivity contribution in [1.29, 1.82) is 0 Å². The van der Waals surface area contributed by atoms with Gasteiger partial charge in [-0.2, -0.15) is 13.2 Å².